The van der Waals surface area contributed by atoms with E-state index in [1.54, 1.807) is 18.2 Å². The number of Topliss-reactive ketones (excluding diaryl/α,β-unsaturated/α-hetero) is 1. The molecule has 0 fully saturated rings. The summed E-state index contributed by atoms with van der Waals surface area (Å²) in [4.78, 5) is 20.7. The molecular weight excluding hydrogens is 291 g/mol. The zero-order chi connectivity index (χ0) is 16.0. The van der Waals surface area contributed by atoms with Crippen molar-refractivity contribution in [3.8, 4) is 5.75 Å². The van der Waals surface area contributed by atoms with Gasteiger partial charge in [-0.3, -0.25) is 13.9 Å². The van der Waals surface area contributed by atoms with Crippen LogP contribution in [0.4, 0.5) is 0 Å². The van der Waals surface area contributed by atoms with E-state index in [0.717, 1.165) is 0 Å². The minimum atomic E-state index is -3.22. The third-order valence-electron chi connectivity index (χ3n) is 3.13. The van der Waals surface area contributed by atoms with Gasteiger partial charge in [0.15, 0.2) is 5.78 Å². The second kappa shape index (κ2) is 7.36. The highest BCUT2D eigenvalue weighted by molar-refractivity contribution is 7.32. The lowest BCUT2D eigenvalue weighted by Crippen LogP contribution is -2.26. The van der Waals surface area contributed by atoms with Gasteiger partial charge < -0.3 is 10.00 Å². The third kappa shape index (κ3) is 4.14. The van der Waals surface area contributed by atoms with E-state index in [4.69, 9.17) is 4.52 Å². The monoisotopic (exact) mass is 310 g/mol. The molecule has 0 aliphatic rings. The maximum Gasteiger partial charge on any atom is 0.317 e. The van der Waals surface area contributed by atoms with Crippen LogP contribution in [0.2, 0.25) is 0 Å². The Labute approximate surface area is 124 Å². The summed E-state index contributed by atoms with van der Waals surface area (Å²) in [5.74, 6) is -0.453. The highest BCUT2D eigenvalue weighted by Gasteiger charge is 2.33. The third-order valence-corrected chi connectivity index (χ3v) is 3.70. The molecule has 1 rings (SSSR count). The van der Waals surface area contributed by atoms with Crippen LogP contribution in [-0.2, 0) is 14.7 Å². The van der Waals surface area contributed by atoms with Crippen molar-refractivity contribution in [1.82, 2.24) is 0 Å². The molecule has 0 aromatic heterocycles. The molecule has 0 bridgehead atoms. The molecule has 114 valence electrons. The second-order valence-electron chi connectivity index (χ2n) is 4.64. The van der Waals surface area contributed by atoms with Gasteiger partial charge in [0, 0.05) is 0 Å². The average molecular weight is 310 g/mol. The molecule has 1 aromatic rings. The number of phenols is 1. The fourth-order valence-electron chi connectivity index (χ4n) is 2.20. The standard InChI is InChI=1S/C15H19O5P/c1-4-8-15(9-5-2,20-21(18)19)12-6-7-14(17)13(10-12)11(3)16/h4-7,10,17,21H,1-2,8-9H2,3H3,(H,18,19). The minimum absolute atomic E-state index is 0.131. The van der Waals surface area contributed by atoms with Gasteiger partial charge in [-0.05, 0) is 37.5 Å². The Hall–Kier alpha value is -1.68. The zero-order valence-corrected chi connectivity index (χ0v) is 12.8. The van der Waals surface area contributed by atoms with E-state index in [2.05, 4.69) is 13.2 Å². The van der Waals surface area contributed by atoms with Crippen molar-refractivity contribution in [2.24, 2.45) is 0 Å². The van der Waals surface area contributed by atoms with Crippen molar-refractivity contribution < 1.29 is 23.9 Å². The van der Waals surface area contributed by atoms with E-state index in [1.807, 2.05) is 0 Å². The summed E-state index contributed by atoms with van der Waals surface area (Å²) in [5, 5.41) is 9.71. The van der Waals surface area contributed by atoms with E-state index < -0.39 is 13.9 Å². The van der Waals surface area contributed by atoms with Crippen molar-refractivity contribution in [2.75, 3.05) is 0 Å². The van der Waals surface area contributed by atoms with Crippen molar-refractivity contribution >= 4 is 14.0 Å². The highest BCUT2D eigenvalue weighted by Crippen LogP contribution is 2.42. The largest absolute Gasteiger partial charge is 0.507 e. The van der Waals surface area contributed by atoms with Crippen LogP contribution >= 0.6 is 8.25 Å². The smallest absolute Gasteiger partial charge is 0.317 e. The lowest BCUT2D eigenvalue weighted by atomic mass is 9.86. The normalized spacial score (nSPS) is 12.7. The van der Waals surface area contributed by atoms with E-state index >= 15 is 0 Å². The number of aromatic hydroxyl groups is 1. The van der Waals surface area contributed by atoms with Crippen LogP contribution in [0.15, 0.2) is 43.5 Å². The highest BCUT2D eigenvalue weighted by atomic mass is 31.1. The molecule has 0 amide bonds. The molecule has 21 heavy (non-hydrogen) atoms. The molecule has 0 spiro atoms. The average Bonchev–Trinajstić information content (AvgIpc) is 2.38. The number of carbonyl (C=O) groups is 1. The van der Waals surface area contributed by atoms with Crippen LogP contribution in [0, 0.1) is 0 Å². The molecule has 1 aromatic carbocycles. The summed E-state index contributed by atoms with van der Waals surface area (Å²) in [6.07, 6.45) is 3.65. The number of hydrogen-bond donors (Lipinski definition) is 2. The van der Waals surface area contributed by atoms with Gasteiger partial charge in [-0.2, -0.15) is 0 Å². The molecule has 0 heterocycles. The molecule has 0 aliphatic carbocycles. The number of rotatable bonds is 8. The quantitative estimate of drug-likeness (QED) is 0.437. The van der Waals surface area contributed by atoms with Gasteiger partial charge in [0.05, 0.1) is 5.56 Å². The summed E-state index contributed by atoms with van der Waals surface area (Å²) in [6, 6.07) is 4.39. The number of benzene rings is 1. The summed E-state index contributed by atoms with van der Waals surface area (Å²) >= 11 is 0. The maximum absolute atomic E-state index is 11.5. The Balaban J connectivity index is 3.46. The zero-order valence-electron chi connectivity index (χ0n) is 11.8. The first-order valence-electron chi connectivity index (χ1n) is 6.34. The van der Waals surface area contributed by atoms with Gasteiger partial charge in [0.2, 0.25) is 0 Å². The molecular formula is C15H19O5P. The van der Waals surface area contributed by atoms with Crippen LogP contribution in [0.5, 0.6) is 5.75 Å². The molecule has 0 saturated carbocycles. The number of ketones is 1. The van der Waals surface area contributed by atoms with Crippen molar-refractivity contribution in [3.63, 3.8) is 0 Å². The molecule has 0 aliphatic heterocycles. The molecule has 5 nitrogen and oxygen atoms in total. The van der Waals surface area contributed by atoms with Crippen molar-refractivity contribution in [3.05, 3.63) is 54.6 Å². The van der Waals surface area contributed by atoms with Gasteiger partial charge in [-0.1, -0.05) is 18.2 Å². The van der Waals surface area contributed by atoms with E-state index in [0.29, 0.717) is 5.56 Å². The fourth-order valence-corrected chi connectivity index (χ4v) is 2.81. The Morgan fingerprint density at radius 2 is 1.95 bits per heavy atom. The summed E-state index contributed by atoms with van der Waals surface area (Å²) in [7, 11) is -3.22. The van der Waals surface area contributed by atoms with Gasteiger partial charge in [-0.15, -0.1) is 13.2 Å². The van der Waals surface area contributed by atoms with Gasteiger partial charge >= 0.3 is 8.25 Å². The van der Waals surface area contributed by atoms with Crippen molar-refractivity contribution in [1.29, 1.82) is 0 Å². The lowest BCUT2D eigenvalue weighted by Gasteiger charge is -2.31. The first-order chi connectivity index (χ1) is 9.86. The number of hydrogen-bond acceptors (Lipinski definition) is 4. The maximum atomic E-state index is 11.5. The van der Waals surface area contributed by atoms with Gasteiger partial charge in [0.1, 0.15) is 11.4 Å². The fraction of sp³-hybridized carbons (Fsp3) is 0.267. The molecule has 1 atom stereocenters. The molecule has 6 heteroatoms. The van der Waals surface area contributed by atoms with E-state index in [-0.39, 0.29) is 29.9 Å². The van der Waals surface area contributed by atoms with E-state index in [9.17, 15) is 19.4 Å². The Morgan fingerprint density at radius 1 is 1.38 bits per heavy atom. The molecule has 2 N–H and O–H groups in total. The molecule has 1 unspecified atom stereocenters. The van der Waals surface area contributed by atoms with Crippen LogP contribution in [0.25, 0.3) is 0 Å². The second-order valence-corrected chi connectivity index (χ2v) is 5.37. The van der Waals surface area contributed by atoms with Gasteiger partial charge in [-0.25, -0.2) is 0 Å². The Bertz CT molecular complexity index is 569. The van der Waals surface area contributed by atoms with Crippen LogP contribution in [0.1, 0.15) is 35.7 Å². The summed E-state index contributed by atoms with van der Waals surface area (Å²) in [6.45, 7) is 8.60. The SMILES string of the molecule is C=CCC(CC=C)(O[PH](=O)O)c1ccc(O)c(C(C)=O)c1. The van der Waals surface area contributed by atoms with Gasteiger partial charge in [0.25, 0.3) is 0 Å². The minimum Gasteiger partial charge on any atom is -0.507 e. The molecule has 0 radical (unpaired) electrons. The topological polar surface area (TPSA) is 83.8 Å². The number of phenolic OH excluding ortho intramolecular Hbond substituents is 1. The predicted molar refractivity (Wildman–Crippen MR) is 81.7 cm³/mol. The van der Waals surface area contributed by atoms with Crippen LogP contribution in [-0.4, -0.2) is 15.8 Å². The van der Waals surface area contributed by atoms with Crippen LogP contribution < -0.4 is 0 Å². The first kappa shape index (κ1) is 17.4. The Kier molecular flexibility index (Phi) is 6.09. The lowest BCUT2D eigenvalue weighted by molar-refractivity contribution is 0.0680. The van der Waals surface area contributed by atoms with Crippen LogP contribution in [0.3, 0.4) is 0 Å². The number of carbonyl (C=O) groups excluding carboxylic acids is 1. The Morgan fingerprint density at radius 3 is 2.38 bits per heavy atom. The summed E-state index contributed by atoms with van der Waals surface area (Å²) in [5.41, 5.74) is -0.490. The first-order valence-corrected chi connectivity index (χ1v) is 7.61. The predicted octanol–water partition coefficient (Wildman–Crippen LogP) is 3.34. The van der Waals surface area contributed by atoms with Crippen molar-refractivity contribution in [2.45, 2.75) is 25.4 Å². The summed E-state index contributed by atoms with van der Waals surface area (Å²) < 4.78 is 16.4. The molecule has 0 saturated heterocycles. The van der Waals surface area contributed by atoms with E-state index in [1.165, 1.54) is 19.1 Å².